The number of nitro groups is 1. The Hall–Kier alpha value is -3.90. The van der Waals surface area contributed by atoms with E-state index in [9.17, 15) is 14.9 Å². The highest BCUT2D eigenvalue weighted by molar-refractivity contribution is 6.36. The number of amides is 1. The molecule has 1 saturated heterocycles. The predicted octanol–water partition coefficient (Wildman–Crippen LogP) is 6.11. The Bertz CT molecular complexity index is 1420. The standard InChI is InChI=1S/C28H34Cl2N8O4/c1-17-15-36(16-18(2)37(17)27(39)42-28(3,4)5)23-14-34-26(35-25(23)21-8-6-19(29)12-22(21)30)32-11-10-31-24-9-7-20(13-33-24)38(40)41/h6-9,12-14,17-18H,10-11,15-16H2,1-5H3,(H,31,33)(H,32,34,35). The number of nitrogens with one attached hydrogen (secondary N) is 2. The normalized spacial score (nSPS) is 17.1. The van der Waals surface area contributed by atoms with Crippen LogP contribution in [0, 0.1) is 10.1 Å². The van der Waals surface area contributed by atoms with Crippen molar-refractivity contribution in [3.63, 3.8) is 0 Å². The Morgan fingerprint density at radius 3 is 2.36 bits per heavy atom. The summed E-state index contributed by atoms with van der Waals surface area (Å²) in [6.07, 6.45) is 2.62. The Morgan fingerprint density at radius 2 is 1.76 bits per heavy atom. The van der Waals surface area contributed by atoms with E-state index < -0.39 is 10.5 Å². The fourth-order valence-corrected chi connectivity index (χ4v) is 5.23. The van der Waals surface area contributed by atoms with E-state index in [0.717, 1.165) is 5.69 Å². The number of hydrogen-bond acceptors (Lipinski definition) is 10. The van der Waals surface area contributed by atoms with Gasteiger partial charge in [0.15, 0.2) is 0 Å². The number of aromatic nitrogens is 3. The van der Waals surface area contributed by atoms with Crippen molar-refractivity contribution in [1.29, 1.82) is 0 Å². The second kappa shape index (κ2) is 13.0. The molecule has 3 aromatic rings. The van der Waals surface area contributed by atoms with E-state index in [-0.39, 0.29) is 23.9 Å². The lowest BCUT2D eigenvalue weighted by Crippen LogP contribution is -2.59. The summed E-state index contributed by atoms with van der Waals surface area (Å²) in [5, 5.41) is 18.1. The van der Waals surface area contributed by atoms with Gasteiger partial charge in [-0.1, -0.05) is 23.2 Å². The van der Waals surface area contributed by atoms with Gasteiger partial charge in [-0.25, -0.2) is 19.7 Å². The molecule has 2 atom stereocenters. The van der Waals surface area contributed by atoms with Gasteiger partial charge in [-0.2, -0.15) is 0 Å². The molecule has 0 bridgehead atoms. The van der Waals surface area contributed by atoms with Crippen LogP contribution in [-0.2, 0) is 4.74 Å². The third-order valence-electron chi connectivity index (χ3n) is 6.49. The van der Waals surface area contributed by atoms with E-state index in [4.69, 9.17) is 32.9 Å². The van der Waals surface area contributed by atoms with Gasteiger partial charge in [0.1, 0.15) is 23.3 Å². The highest BCUT2D eigenvalue weighted by Crippen LogP contribution is 2.37. The first-order valence-corrected chi connectivity index (χ1v) is 14.2. The van der Waals surface area contributed by atoms with Crippen molar-refractivity contribution < 1.29 is 14.5 Å². The lowest BCUT2D eigenvalue weighted by molar-refractivity contribution is -0.385. The van der Waals surface area contributed by atoms with E-state index in [1.54, 1.807) is 29.3 Å². The minimum Gasteiger partial charge on any atom is -0.444 e. The SMILES string of the molecule is CC1CN(c2cnc(NCCNc3ccc([N+](=O)[O-])cn3)nc2-c2ccc(Cl)cc2Cl)CC(C)N1C(=O)OC(C)(C)C. The van der Waals surface area contributed by atoms with Crippen molar-refractivity contribution in [1.82, 2.24) is 19.9 Å². The van der Waals surface area contributed by atoms with Gasteiger partial charge in [0.05, 0.1) is 33.9 Å². The molecule has 14 heteroatoms. The minimum absolute atomic E-state index is 0.0735. The third kappa shape index (κ3) is 7.68. The van der Waals surface area contributed by atoms with Crippen molar-refractivity contribution in [2.45, 2.75) is 52.3 Å². The van der Waals surface area contributed by atoms with Crippen molar-refractivity contribution >= 4 is 52.4 Å². The lowest BCUT2D eigenvalue weighted by Gasteiger charge is -2.45. The van der Waals surface area contributed by atoms with Gasteiger partial charge < -0.3 is 20.3 Å². The zero-order valence-electron chi connectivity index (χ0n) is 24.1. The molecule has 12 nitrogen and oxygen atoms in total. The minimum atomic E-state index is -0.587. The topological polar surface area (TPSA) is 139 Å². The van der Waals surface area contributed by atoms with E-state index in [2.05, 4.69) is 25.5 Å². The van der Waals surface area contributed by atoms with Gasteiger partial charge in [-0.3, -0.25) is 15.0 Å². The first kappa shape index (κ1) is 31.0. The molecule has 1 aliphatic heterocycles. The number of nitrogens with zero attached hydrogens (tertiary/aromatic N) is 6. The number of ether oxygens (including phenoxy) is 1. The summed E-state index contributed by atoms with van der Waals surface area (Å²) in [5.74, 6) is 0.910. The van der Waals surface area contributed by atoms with Gasteiger partial charge in [-0.15, -0.1) is 0 Å². The predicted molar refractivity (Wildman–Crippen MR) is 165 cm³/mol. The molecule has 1 amide bonds. The van der Waals surface area contributed by atoms with Crippen molar-refractivity contribution in [2.24, 2.45) is 0 Å². The summed E-state index contributed by atoms with van der Waals surface area (Å²) in [4.78, 5) is 40.6. The maximum atomic E-state index is 12.9. The fourth-order valence-electron chi connectivity index (χ4n) is 4.73. The van der Waals surface area contributed by atoms with E-state index >= 15 is 0 Å². The van der Waals surface area contributed by atoms with E-state index in [0.29, 0.717) is 59.2 Å². The molecule has 2 unspecified atom stereocenters. The molecule has 0 aliphatic carbocycles. The monoisotopic (exact) mass is 616 g/mol. The van der Waals surface area contributed by atoms with Crippen molar-refractivity contribution in [2.75, 3.05) is 41.7 Å². The van der Waals surface area contributed by atoms with E-state index in [1.807, 2.05) is 40.7 Å². The van der Waals surface area contributed by atoms with Crippen LogP contribution in [0.2, 0.25) is 10.0 Å². The smallest absolute Gasteiger partial charge is 0.410 e. The molecular formula is C28H34Cl2N8O4. The summed E-state index contributed by atoms with van der Waals surface area (Å²) in [6, 6.07) is 7.93. The van der Waals surface area contributed by atoms with Crippen LogP contribution >= 0.6 is 23.2 Å². The number of anilines is 3. The molecule has 1 aromatic carbocycles. The molecular weight excluding hydrogens is 583 g/mol. The third-order valence-corrected chi connectivity index (χ3v) is 7.04. The van der Waals surface area contributed by atoms with Crippen LogP contribution in [0.4, 0.5) is 27.9 Å². The number of halogens is 2. The fraction of sp³-hybridized carbons (Fsp3) is 0.429. The summed E-state index contributed by atoms with van der Waals surface area (Å²) in [7, 11) is 0. The van der Waals surface area contributed by atoms with Gasteiger partial charge in [0.2, 0.25) is 5.95 Å². The molecule has 0 saturated carbocycles. The number of carbonyl (C=O) groups excluding carboxylic acids is 1. The van der Waals surface area contributed by atoms with Gasteiger partial charge >= 0.3 is 6.09 Å². The maximum absolute atomic E-state index is 12.9. The molecule has 42 heavy (non-hydrogen) atoms. The van der Waals surface area contributed by atoms with Crippen molar-refractivity contribution in [3.05, 3.63) is 62.9 Å². The number of carbonyl (C=O) groups is 1. The molecule has 1 aliphatic rings. The Balaban J connectivity index is 1.52. The van der Waals surface area contributed by atoms with Crippen LogP contribution in [0.15, 0.2) is 42.7 Å². The van der Waals surface area contributed by atoms with Crippen LogP contribution in [-0.4, -0.2) is 74.7 Å². The van der Waals surface area contributed by atoms with Gasteiger partial charge in [0, 0.05) is 42.8 Å². The summed E-state index contributed by atoms with van der Waals surface area (Å²) < 4.78 is 5.65. The van der Waals surface area contributed by atoms with Crippen LogP contribution in [0.3, 0.4) is 0 Å². The number of rotatable bonds is 8. The highest BCUT2D eigenvalue weighted by atomic mass is 35.5. The quantitative estimate of drug-likeness (QED) is 0.173. The largest absolute Gasteiger partial charge is 0.444 e. The zero-order valence-corrected chi connectivity index (χ0v) is 25.6. The molecule has 0 spiro atoms. The summed E-state index contributed by atoms with van der Waals surface area (Å²) in [6.45, 7) is 11.6. The van der Waals surface area contributed by atoms with Crippen LogP contribution < -0.4 is 15.5 Å². The molecule has 3 heterocycles. The maximum Gasteiger partial charge on any atom is 0.410 e. The zero-order chi connectivity index (χ0) is 30.6. The second-order valence-electron chi connectivity index (χ2n) is 11.1. The average molecular weight is 618 g/mol. The summed E-state index contributed by atoms with van der Waals surface area (Å²) >= 11 is 12.8. The molecule has 2 aromatic heterocycles. The van der Waals surface area contributed by atoms with Gasteiger partial charge in [0.25, 0.3) is 5.69 Å². The number of pyridine rings is 1. The molecule has 4 rings (SSSR count). The molecule has 2 N–H and O–H groups in total. The summed E-state index contributed by atoms with van der Waals surface area (Å²) in [5.41, 5.74) is 1.45. The first-order chi connectivity index (χ1) is 19.8. The average Bonchev–Trinajstić information content (AvgIpc) is 2.90. The van der Waals surface area contributed by atoms with Crippen LogP contribution in [0.1, 0.15) is 34.6 Å². The Labute approximate surface area is 254 Å². The van der Waals surface area contributed by atoms with Crippen LogP contribution in [0.25, 0.3) is 11.3 Å². The van der Waals surface area contributed by atoms with E-state index in [1.165, 1.54) is 12.3 Å². The van der Waals surface area contributed by atoms with Gasteiger partial charge in [-0.05, 0) is 58.9 Å². The molecule has 224 valence electrons. The Morgan fingerprint density at radius 1 is 1.07 bits per heavy atom. The second-order valence-corrected chi connectivity index (χ2v) is 11.9. The molecule has 0 radical (unpaired) electrons. The number of hydrogen-bond donors (Lipinski definition) is 2. The lowest BCUT2D eigenvalue weighted by atomic mass is 10.1. The number of piperazine rings is 1. The van der Waals surface area contributed by atoms with Crippen molar-refractivity contribution in [3.8, 4) is 11.3 Å². The Kier molecular flexibility index (Phi) is 9.57. The molecule has 1 fully saturated rings. The first-order valence-electron chi connectivity index (χ1n) is 13.5. The number of benzene rings is 1. The van der Waals surface area contributed by atoms with Crippen LogP contribution in [0.5, 0.6) is 0 Å². The highest BCUT2D eigenvalue weighted by Gasteiger charge is 2.36.